The van der Waals surface area contributed by atoms with E-state index in [1.54, 1.807) is 11.9 Å². The topological polar surface area (TPSA) is 163 Å². The van der Waals surface area contributed by atoms with Gasteiger partial charge in [0.2, 0.25) is 17.3 Å². The zero-order chi connectivity index (χ0) is 30.1. The average molecular weight is 563 g/mol. The number of ether oxygens (including phenoxy) is 2. The molecule has 1 fully saturated rings. The van der Waals surface area contributed by atoms with Gasteiger partial charge in [-0.15, -0.1) is 0 Å². The molecule has 12 heteroatoms. The van der Waals surface area contributed by atoms with Crippen LogP contribution in [-0.2, 0) is 38.2 Å². The highest BCUT2D eigenvalue weighted by atomic mass is 16.5. The predicted octanol–water partition coefficient (Wildman–Crippen LogP) is -0.149. The molecular formula is C29H30N4O8. The van der Waals surface area contributed by atoms with E-state index in [9.17, 15) is 34.0 Å². The molecular weight excluding hydrogens is 532 g/mol. The highest BCUT2D eigenvalue weighted by Crippen LogP contribution is 2.48. The first-order valence-electron chi connectivity index (χ1n) is 13.2. The lowest BCUT2D eigenvalue weighted by Gasteiger charge is -2.60. The number of hydrogen-bond donors (Lipinski definition) is 1. The lowest BCUT2D eigenvalue weighted by molar-refractivity contribution is -0.137. The van der Waals surface area contributed by atoms with Gasteiger partial charge in [0.25, 0.3) is 5.91 Å². The number of Topliss-reactive ketones (excluding diaryl/α,β-unsaturated/α-hetero) is 5. The normalized spacial score (nSPS) is 30.1. The summed E-state index contributed by atoms with van der Waals surface area (Å²) in [7, 11) is 4.38. The first-order valence-corrected chi connectivity index (χ1v) is 13.2. The van der Waals surface area contributed by atoms with Crippen LogP contribution in [0.3, 0.4) is 0 Å². The van der Waals surface area contributed by atoms with Gasteiger partial charge >= 0.3 is 0 Å². The maximum atomic E-state index is 13.8. The van der Waals surface area contributed by atoms with E-state index in [0.717, 1.165) is 6.92 Å². The van der Waals surface area contributed by atoms with Crippen molar-refractivity contribution < 1.29 is 38.2 Å². The molecule has 0 saturated carbocycles. The first kappa shape index (κ1) is 28.3. The lowest BCUT2D eigenvalue weighted by atomic mass is 9.67. The van der Waals surface area contributed by atoms with Gasteiger partial charge in [0, 0.05) is 59.0 Å². The van der Waals surface area contributed by atoms with Crippen molar-refractivity contribution in [2.75, 3.05) is 27.8 Å². The summed E-state index contributed by atoms with van der Waals surface area (Å²) >= 11 is 0. The summed E-state index contributed by atoms with van der Waals surface area (Å²) in [6.07, 6.45) is 0.116. The van der Waals surface area contributed by atoms with Crippen molar-refractivity contribution in [2.45, 2.75) is 63.8 Å². The number of rotatable bonds is 5. The third kappa shape index (κ3) is 3.87. The van der Waals surface area contributed by atoms with E-state index in [-0.39, 0.29) is 64.6 Å². The highest BCUT2D eigenvalue weighted by molar-refractivity contribution is 6.35. The molecule has 0 radical (unpaired) electrons. The molecule has 12 nitrogen and oxygen atoms in total. The summed E-state index contributed by atoms with van der Waals surface area (Å²) < 4.78 is 10.6. The van der Waals surface area contributed by atoms with Gasteiger partial charge in [0.1, 0.15) is 6.04 Å². The summed E-state index contributed by atoms with van der Waals surface area (Å²) in [6, 6.07) is -1.52. The zero-order valence-corrected chi connectivity index (χ0v) is 23.6. The van der Waals surface area contributed by atoms with Gasteiger partial charge in [-0.25, -0.2) is 0 Å². The zero-order valence-electron chi connectivity index (χ0n) is 23.6. The summed E-state index contributed by atoms with van der Waals surface area (Å²) in [5.41, 5.74) is 1.19. The molecule has 2 bridgehead atoms. The molecule has 0 spiro atoms. The molecule has 0 aromatic rings. The van der Waals surface area contributed by atoms with Gasteiger partial charge in [0.15, 0.2) is 23.1 Å². The van der Waals surface area contributed by atoms with E-state index in [1.807, 2.05) is 4.90 Å². The molecule has 41 heavy (non-hydrogen) atoms. The number of fused-ring (bicyclic) bond motifs is 5. The molecule has 0 aromatic carbocycles. The Hall–Kier alpha value is -4.21. The quantitative estimate of drug-likeness (QED) is 0.350. The minimum absolute atomic E-state index is 0.00850. The van der Waals surface area contributed by atoms with Crippen LogP contribution in [0.1, 0.15) is 33.6 Å². The molecule has 1 N–H and O–H groups in total. The van der Waals surface area contributed by atoms with Crippen LogP contribution in [0, 0.1) is 11.3 Å². The van der Waals surface area contributed by atoms with Crippen LogP contribution in [-0.4, -0.2) is 103 Å². The number of ketones is 5. The van der Waals surface area contributed by atoms with E-state index < -0.39 is 59.2 Å². The molecule has 3 aliphatic heterocycles. The van der Waals surface area contributed by atoms with Crippen LogP contribution < -0.4 is 5.32 Å². The van der Waals surface area contributed by atoms with Crippen LogP contribution in [0.5, 0.6) is 0 Å². The largest absolute Gasteiger partial charge is 0.492 e. The number of nitrogens with zero attached hydrogens (tertiary/aromatic N) is 3. The molecule has 5 atom stereocenters. The number of hydrogen-bond acceptors (Lipinski definition) is 11. The SMILES string of the molecule is COC1=C(C)C(=O)C2=C(C1=O)[C@@H]1[C@@H]3CC4=C(C(=O)C(OC)=C(C)C4=O)[C@H](CNC(=O)C(C)=O)N3C(C#N)[C@H](C2)N1C. The Kier molecular flexibility index (Phi) is 6.91. The molecule has 5 rings (SSSR count). The highest BCUT2D eigenvalue weighted by Gasteiger charge is 2.59. The summed E-state index contributed by atoms with van der Waals surface area (Å²) in [6.45, 7) is 3.89. The summed E-state index contributed by atoms with van der Waals surface area (Å²) in [5, 5.41) is 13.0. The molecule has 214 valence electrons. The van der Waals surface area contributed by atoms with Crippen LogP contribution in [0.15, 0.2) is 45.0 Å². The fraction of sp³-hybridized carbons (Fsp3) is 0.483. The standard InChI is InChI=1S/C29H30N4O8/c1-11-23(35)14-8-17-22-21-15(24(36)12(2)28(41-6)26(21)38)7-16(32(22)4)18(9-30)33(17)19(10-31-29(39)13(3)34)20(14)25(37)27(11)40-5/h16-19,22H,7-8,10H2,1-6H3,(H,31,39)/t16-,17-,18?,19-,22-/m0/s1. The maximum Gasteiger partial charge on any atom is 0.287 e. The predicted molar refractivity (Wildman–Crippen MR) is 141 cm³/mol. The second kappa shape index (κ2) is 10.0. The van der Waals surface area contributed by atoms with Crippen LogP contribution >= 0.6 is 0 Å². The van der Waals surface area contributed by atoms with Crippen molar-refractivity contribution in [3.8, 4) is 6.07 Å². The number of allylic oxidation sites excluding steroid dienone is 4. The van der Waals surface area contributed by atoms with Gasteiger partial charge in [-0.2, -0.15) is 5.26 Å². The second-order valence-electron chi connectivity index (χ2n) is 10.9. The van der Waals surface area contributed by atoms with Crippen molar-refractivity contribution >= 4 is 34.8 Å². The molecule has 2 aliphatic carbocycles. The van der Waals surface area contributed by atoms with E-state index in [2.05, 4.69) is 11.4 Å². The van der Waals surface area contributed by atoms with Crippen molar-refractivity contribution in [1.29, 1.82) is 5.26 Å². The summed E-state index contributed by atoms with van der Waals surface area (Å²) in [5.74, 6) is -3.51. The molecule has 1 amide bonds. The van der Waals surface area contributed by atoms with Gasteiger partial charge in [-0.1, -0.05) is 0 Å². The van der Waals surface area contributed by atoms with Crippen molar-refractivity contribution in [3.05, 3.63) is 45.0 Å². The maximum absolute atomic E-state index is 13.8. The first-order chi connectivity index (χ1) is 19.4. The van der Waals surface area contributed by atoms with Crippen LogP contribution in [0.25, 0.3) is 0 Å². The number of likely N-dealkylation sites (N-methyl/N-ethyl adjacent to an activating group) is 1. The lowest BCUT2D eigenvalue weighted by Crippen LogP contribution is -2.74. The molecule has 5 aliphatic rings. The smallest absolute Gasteiger partial charge is 0.287 e. The Morgan fingerprint density at radius 2 is 1.41 bits per heavy atom. The number of piperazine rings is 1. The summed E-state index contributed by atoms with van der Waals surface area (Å²) in [4.78, 5) is 82.3. The number of nitrogens with one attached hydrogen (secondary N) is 1. The number of carbonyl (C=O) groups is 6. The number of nitriles is 1. The number of carbonyl (C=O) groups excluding carboxylic acids is 6. The second-order valence-corrected chi connectivity index (χ2v) is 10.9. The Morgan fingerprint density at radius 3 is 1.93 bits per heavy atom. The number of amides is 1. The minimum atomic E-state index is -0.985. The molecule has 0 aromatic heterocycles. The van der Waals surface area contributed by atoms with Gasteiger partial charge in [-0.3, -0.25) is 38.6 Å². The minimum Gasteiger partial charge on any atom is -0.492 e. The van der Waals surface area contributed by atoms with E-state index >= 15 is 0 Å². The van der Waals surface area contributed by atoms with Crippen molar-refractivity contribution in [1.82, 2.24) is 15.1 Å². The van der Waals surface area contributed by atoms with Gasteiger partial charge in [-0.05, 0) is 33.7 Å². The van der Waals surface area contributed by atoms with Crippen LogP contribution in [0.4, 0.5) is 0 Å². The molecule has 1 unspecified atom stereocenters. The Labute approximate surface area is 236 Å². The third-order valence-corrected chi connectivity index (χ3v) is 8.99. The van der Waals surface area contributed by atoms with E-state index in [0.29, 0.717) is 5.57 Å². The van der Waals surface area contributed by atoms with Gasteiger partial charge < -0.3 is 14.8 Å². The van der Waals surface area contributed by atoms with Gasteiger partial charge in [0.05, 0.1) is 32.4 Å². The third-order valence-electron chi connectivity index (χ3n) is 8.99. The fourth-order valence-electron chi connectivity index (χ4n) is 7.13. The Bertz CT molecular complexity index is 1520. The van der Waals surface area contributed by atoms with Crippen LogP contribution in [0.2, 0.25) is 0 Å². The Balaban J connectivity index is 1.71. The molecule has 1 saturated heterocycles. The van der Waals surface area contributed by atoms with E-state index in [4.69, 9.17) is 9.47 Å². The average Bonchev–Trinajstić information content (AvgIpc) is 2.93. The van der Waals surface area contributed by atoms with Crippen molar-refractivity contribution in [3.63, 3.8) is 0 Å². The number of methoxy groups -OCH3 is 2. The van der Waals surface area contributed by atoms with E-state index in [1.165, 1.54) is 28.1 Å². The fourth-order valence-corrected chi connectivity index (χ4v) is 7.13. The molecule has 3 heterocycles. The Morgan fingerprint density at radius 1 is 0.902 bits per heavy atom. The van der Waals surface area contributed by atoms with Crippen molar-refractivity contribution in [2.24, 2.45) is 0 Å². The monoisotopic (exact) mass is 562 g/mol.